The van der Waals surface area contributed by atoms with Gasteiger partial charge in [0, 0.05) is 31.4 Å². The first-order chi connectivity index (χ1) is 10.1. The molecule has 0 aliphatic heterocycles. The molecule has 0 saturated carbocycles. The van der Waals surface area contributed by atoms with E-state index in [9.17, 15) is 4.79 Å². The van der Waals surface area contributed by atoms with Crippen molar-refractivity contribution in [1.82, 2.24) is 10.2 Å². The second kappa shape index (κ2) is 6.90. The van der Waals surface area contributed by atoms with E-state index < -0.39 is 0 Å². The van der Waals surface area contributed by atoms with Crippen LogP contribution in [0.2, 0.25) is 0 Å². The molecule has 0 aliphatic rings. The summed E-state index contributed by atoms with van der Waals surface area (Å²) in [4.78, 5) is 14.1. The molecule has 0 unspecified atom stereocenters. The van der Waals surface area contributed by atoms with E-state index in [1.165, 1.54) is 0 Å². The summed E-state index contributed by atoms with van der Waals surface area (Å²) in [6.07, 6.45) is 0. The van der Waals surface area contributed by atoms with Crippen LogP contribution in [0.3, 0.4) is 0 Å². The minimum absolute atomic E-state index is 0.0241. The van der Waals surface area contributed by atoms with E-state index in [1.807, 2.05) is 62.6 Å². The number of nitrogen functional groups attached to an aromatic ring is 1. The number of nitrogens with zero attached hydrogens (tertiary/aromatic N) is 1. The molecule has 0 bridgehead atoms. The van der Waals surface area contributed by atoms with Crippen molar-refractivity contribution in [3.63, 3.8) is 0 Å². The Morgan fingerprint density at radius 2 is 1.81 bits per heavy atom. The number of rotatable bonds is 5. The summed E-state index contributed by atoms with van der Waals surface area (Å²) >= 11 is 0. The summed E-state index contributed by atoms with van der Waals surface area (Å²) in [6.45, 7) is 1.45. The van der Waals surface area contributed by atoms with E-state index in [-0.39, 0.29) is 5.91 Å². The molecule has 2 aromatic rings. The highest BCUT2D eigenvalue weighted by Gasteiger charge is 2.11. The van der Waals surface area contributed by atoms with Crippen LogP contribution in [-0.2, 0) is 0 Å². The highest BCUT2D eigenvalue weighted by Crippen LogP contribution is 2.22. The highest BCUT2D eigenvalue weighted by atomic mass is 16.2. The quantitative estimate of drug-likeness (QED) is 0.827. The van der Waals surface area contributed by atoms with Gasteiger partial charge in [-0.25, -0.2) is 0 Å². The van der Waals surface area contributed by atoms with E-state index in [0.29, 0.717) is 12.1 Å². The van der Waals surface area contributed by atoms with Crippen LogP contribution in [0.4, 0.5) is 5.69 Å². The zero-order valence-electron chi connectivity index (χ0n) is 12.5. The molecule has 4 nitrogen and oxygen atoms in total. The lowest BCUT2D eigenvalue weighted by Gasteiger charge is -2.17. The first-order valence-electron chi connectivity index (χ1n) is 6.98. The van der Waals surface area contributed by atoms with E-state index in [2.05, 4.69) is 5.32 Å². The molecule has 2 aromatic carbocycles. The summed E-state index contributed by atoms with van der Waals surface area (Å²) in [6, 6.07) is 15.3. The Balaban J connectivity index is 2.23. The molecular formula is C17H21N3O. The molecule has 4 heteroatoms. The summed E-state index contributed by atoms with van der Waals surface area (Å²) < 4.78 is 0. The number of carbonyl (C=O) groups is 1. The SMILES string of the molecule is CNCCN(C)C(=O)c1cccc(-c2cccc(N)c2)c1. The van der Waals surface area contributed by atoms with Gasteiger partial charge in [-0.3, -0.25) is 4.79 Å². The van der Waals surface area contributed by atoms with Gasteiger partial charge in [-0.15, -0.1) is 0 Å². The van der Waals surface area contributed by atoms with Crippen LogP contribution in [0.5, 0.6) is 0 Å². The van der Waals surface area contributed by atoms with E-state index in [0.717, 1.165) is 23.4 Å². The lowest BCUT2D eigenvalue weighted by atomic mass is 10.0. The van der Waals surface area contributed by atoms with Gasteiger partial charge in [-0.2, -0.15) is 0 Å². The zero-order chi connectivity index (χ0) is 15.2. The average Bonchev–Trinajstić information content (AvgIpc) is 2.52. The molecule has 0 atom stereocenters. The van der Waals surface area contributed by atoms with E-state index in [4.69, 9.17) is 5.73 Å². The van der Waals surface area contributed by atoms with Crippen LogP contribution in [0.25, 0.3) is 11.1 Å². The molecule has 0 heterocycles. The summed E-state index contributed by atoms with van der Waals surface area (Å²) in [5.41, 5.74) is 9.23. The third-order valence-corrected chi connectivity index (χ3v) is 3.37. The molecule has 0 radical (unpaired) electrons. The number of benzene rings is 2. The van der Waals surface area contributed by atoms with Gasteiger partial charge in [-0.1, -0.05) is 24.3 Å². The fraction of sp³-hybridized carbons (Fsp3) is 0.235. The monoisotopic (exact) mass is 283 g/mol. The summed E-state index contributed by atoms with van der Waals surface area (Å²) in [5.74, 6) is 0.0241. The van der Waals surface area contributed by atoms with E-state index in [1.54, 1.807) is 4.90 Å². The van der Waals surface area contributed by atoms with Crippen molar-refractivity contribution in [3.05, 3.63) is 54.1 Å². The standard InChI is InChI=1S/C17H21N3O/c1-19-9-10-20(2)17(21)15-7-3-5-13(11-15)14-6-4-8-16(18)12-14/h3-8,11-12,19H,9-10,18H2,1-2H3. The van der Waals surface area contributed by atoms with Gasteiger partial charge < -0.3 is 16.0 Å². The average molecular weight is 283 g/mol. The van der Waals surface area contributed by atoms with Crippen LogP contribution < -0.4 is 11.1 Å². The number of hydrogen-bond acceptors (Lipinski definition) is 3. The molecule has 0 fully saturated rings. The van der Waals surface area contributed by atoms with Gasteiger partial charge in [0.05, 0.1) is 0 Å². The Morgan fingerprint density at radius 3 is 2.48 bits per heavy atom. The minimum atomic E-state index is 0.0241. The molecule has 0 spiro atoms. The number of nitrogens with two attached hydrogens (primary N) is 1. The Bertz CT molecular complexity index is 625. The molecule has 0 aromatic heterocycles. The summed E-state index contributed by atoms with van der Waals surface area (Å²) in [7, 11) is 3.69. The van der Waals surface area contributed by atoms with Crippen molar-refractivity contribution in [1.29, 1.82) is 0 Å². The third kappa shape index (κ3) is 3.83. The number of carbonyl (C=O) groups excluding carboxylic acids is 1. The predicted molar refractivity (Wildman–Crippen MR) is 87.2 cm³/mol. The van der Waals surface area contributed by atoms with Crippen molar-refractivity contribution >= 4 is 11.6 Å². The van der Waals surface area contributed by atoms with Gasteiger partial charge >= 0.3 is 0 Å². The maximum absolute atomic E-state index is 12.4. The van der Waals surface area contributed by atoms with E-state index >= 15 is 0 Å². The highest BCUT2D eigenvalue weighted by molar-refractivity contribution is 5.95. The van der Waals surface area contributed by atoms with Crippen molar-refractivity contribution in [2.75, 3.05) is 32.9 Å². The zero-order valence-corrected chi connectivity index (χ0v) is 12.5. The molecule has 2 rings (SSSR count). The van der Waals surface area contributed by atoms with Crippen molar-refractivity contribution in [2.24, 2.45) is 0 Å². The van der Waals surface area contributed by atoms with Crippen LogP contribution in [0.15, 0.2) is 48.5 Å². The Labute approximate surface area is 125 Å². The fourth-order valence-corrected chi connectivity index (χ4v) is 2.15. The predicted octanol–water partition coefficient (Wildman–Crippen LogP) is 2.23. The molecule has 0 saturated heterocycles. The first-order valence-corrected chi connectivity index (χ1v) is 6.98. The smallest absolute Gasteiger partial charge is 0.253 e. The fourth-order valence-electron chi connectivity index (χ4n) is 2.15. The Morgan fingerprint density at radius 1 is 1.14 bits per heavy atom. The second-order valence-corrected chi connectivity index (χ2v) is 5.04. The maximum atomic E-state index is 12.4. The number of anilines is 1. The van der Waals surface area contributed by atoms with Gasteiger partial charge in [-0.05, 0) is 42.4 Å². The lowest BCUT2D eigenvalue weighted by molar-refractivity contribution is 0.0797. The van der Waals surface area contributed by atoms with Crippen molar-refractivity contribution in [2.45, 2.75) is 0 Å². The molecular weight excluding hydrogens is 262 g/mol. The van der Waals surface area contributed by atoms with Gasteiger partial charge in [0.2, 0.25) is 0 Å². The molecule has 110 valence electrons. The molecule has 21 heavy (non-hydrogen) atoms. The van der Waals surface area contributed by atoms with Crippen LogP contribution in [-0.4, -0.2) is 38.0 Å². The minimum Gasteiger partial charge on any atom is -0.399 e. The van der Waals surface area contributed by atoms with Gasteiger partial charge in [0.25, 0.3) is 5.91 Å². The van der Waals surface area contributed by atoms with Gasteiger partial charge in [0.1, 0.15) is 0 Å². The molecule has 0 aliphatic carbocycles. The Hall–Kier alpha value is -2.33. The molecule has 1 amide bonds. The lowest BCUT2D eigenvalue weighted by Crippen LogP contribution is -2.32. The largest absolute Gasteiger partial charge is 0.399 e. The van der Waals surface area contributed by atoms with Crippen LogP contribution in [0, 0.1) is 0 Å². The number of nitrogens with one attached hydrogen (secondary N) is 1. The van der Waals surface area contributed by atoms with Crippen LogP contribution in [0.1, 0.15) is 10.4 Å². The molecule has 3 N–H and O–H groups in total. The number of hydrogen-bond donors (Lipinski definition) is 2. The van der Waals surface area contributed by atoms with Gasteiger partial charge in [0.15, 0.2) is 0 Å². The van der Waals surface area contributed by atoms with Crippen molar-refractivity contribution in [3.8, 4) is 11.1 Å². The van der Waals surface area contributed by atoms with Crippen molar-refractivity contribution < 1.29 is 4.79 Å². The van der Waals surface area contributed by atoms with Crippen LogP contribution >= 0.6 is 0 Å². The third-order valence-electron chi connectivity index (χ3n) is 3.37. The topological polar surface area (TPSA) is 58.4 Å². The Kier molecular flexibility index (Phi) is 4.95. The first kappa shape index (κ1) is 15.1. The maximum Gasteiger partial charge on any atom is 0.253 e. The summed E-state index contributed by atoms with van der Waals surface area (Å²) in [5, 5.41) is 3.04. The number of amides is 1. The second-order valence-electron chi connectivity index (χ2n) is 5.04. The normalized spacial score (nSPS) is 10.4. The number of likely N-dealkylation sites (N-methyl/N-ethyl adjacent to an activating group) is 2.